The quantitative estimate of drug-likeness (QED) is 0.579. The van der Waals surface area contributed by atoms with E-state index < -0.39 is 28.5 Å². The van der Waals surface area contributed by atoms with Crippen molar-refractivity contribution in [2.24, 2.45) is 0 Å². The van der Waals surface area contributed by atoms with Crippen molar-refractivity contribution in [3.8, 4) is 0 Å². The standard InChI is InChI=1S/C21H22F2N4O4/c1-13(15-3-5-17(22)18(23)11-15)24-21(29)16-4-6-19(20(12-16)27(30)31)26-9-7-25(8-10-26)14(2)28/h3-6,11-13H,7-10H2,1-2H3,(H,24,29)/t13-/m0/s1. The smallest absolute Gasteiger partial charge is 0.293 e. The molecule has 10 heteroatoms. The molecule has 1 atom stereocenters. The molecule has 0 aliphatic carbocycles. The Balaban J connectivity index is 1.77. The average Bonchev–Trinajstić information content (AvgIpc) is 2.75. The molecule has 3 rings (SSSR count). The molecule has 1 saturated heterocycles. The van der Waals surface area contributed by atoms with Crippen molar-refractivity contribution in [3.63, 3.8) is 0 Å². The third-order valence-electron chi connectivity index (χ3n) is 5.29. The molecule has 8 nitrogen and oxygen atoms in total. The van der Waals surface area contributed by atoms with E-state index in [2.05, 4.69) is 5.32 Å². The number of nitro benzene ring substituents is 1. The van der Waals surface area contributed by atoms with Crippen LogP contribution in [0.15, 0.2) is 36.4 Å². The van der Waals surface area contributed by atoms with Gasteiger partial charge in [-0.1, -0.05) is 6.07 Å². The minimum Gasteiger partial charge on any atom is -0.362 e. The van der Waals surface area contributed by atoms with E-state index in [4.69, 9.17) is 0 Å². The number of nitrogens with one attached hydrogen (secondary N) is 1. The first-order valence-corrected chi connectivity index (χ1v) is 9.72. The van der Waals surface area contributed by atoms with Crippen molar-refractivity contribution >= 4 is 23.2 Å². The summed E-state index contributed by atoms with van der Waals surface area (Å²) in [5.74, 6) is -2.63. The average molecular weight is 432 g/mol. The topological polar surface area (TPSA) is 95.8 Å². The van der Waals surface area contributed by atoms with E-state index in [0.717, 1.165) is 12.1 Å². The van der Waals surface area contributed by atoms with Gasteiger partial charge in [0.05, 0.1) is 11.0 Å². The van der Waals surface area contributed by atoms with Crippen LogP contribution in [-0.2, 0) is 4.79 Å². The van der Waals surface area contributed by atoms with Gasteiger partial charge >= 0.3 is 0 Å². The molecule has 1 fully saturated rings. The van der Waals surface area contributed by atoms with E-state index in [-0.39, 0.29) is 17.2 Å². The number of hydrogen-bond donors (Lipinski definition) is 1. The number of nitro groups is 1. The largest absolute Gasteiger partial charge is 0.362 e. The zero-order chi connectivity index (χ0) is 22.7. The molecule has 0 spiro atoms. The van der Waals surface area contributed by atoms with Gasteiger partial charge < -0.3 is 15.1 Å². The molecule has 0 radical (unpaired) electrons. The number of halogens is 2. The summed E-state index contributed by atoms with van der Waals surface area (Å²) < 4.78 is 26.6. The molecule has 2 aromatic carbocycles. The van der Waals surface area contributed by atoms with Gasteiger partial charge in [0.1, 0.15) is 5.69 Å². The lowest BCUT2D eigenvalue weighted by Crippen LogP contribution is -2.48. The number of benzene rings is 2. The van der Waals surface area contributed by atoms with Gasteiger partial charge in [-0.05, 0) is 36.8 Å². The first-order chi connectivity index (χ1) is 14.7. The fraction of sp³-hybridized carbons (Fsp3) is 0.333. The maximum atomic E-state index is 13.4. The van der Waals surface area contributed by atoms with Crippen molar-refractivity contribution < 1.29 is 23.3 Å². The van der Waals surface area contributed by atoms with Crippen LogP contribution in [0.2, 0.25) is 0 Å². The van der Waals surface area contributed by atoms with Crippen molar-refractivity contribution in [2.75, 3.05) is 31.1 Å². The molecule has 2 aromatic rings. The lowest BCUT2D eigenvalue weighted by molar-refractivity contribution is -0.384. The highest BCUT2D eigenvalue weighted by Crippen LogP contribution is 2.30. The molecular formula is C21H22F2N4O4. The van der Waals surface area contributed by atoms with E-state index >= 15 is 0 Å². The number of carbonyl (C=O) groups excluding carboxylic acids is 2. The predicted octanol–water partition coefficient (Wildman–Crippen LogP) is 3.03. The molecule has 0 unspecified atom stereocenters. The number of nitrogens with zero attached hydrogens (tertiary/aromatic N) is 3. The molecule has 1 heterocycles. The Morgan fingerprint density at radius 3 is 2.32 bits per heavy atom. The Kier molecular flexibility index (Phi) is 6.47. The van der Waals surface area contributed by atoms with Gasteiger partial charge in [0.25, 0.3) is 11.6 Å². The van der Waals surface area contributed by atoms with Crippen LogP contribution in [0.3, 0.4) is 0 Å². The van der Waals surface area contributed by atoms with Crippen LogP contribution in [0.5, 0.6) is 0 Å². The lowest BCUT2D eigenvalue weighted by Gasteiger charge is -2.35. The van der Waals surface area contributed by atoms with Crippen LogP contribution in [0, 0.1) is 21.7 Å². The summed E-state index contributed by atoms with van der Waals surface area (Å²) in [4.78, 5) is 38.6. The van der Waals surface area contributed by atoms with Crippen LogP contribution in [-0.4, -0.2) is 47.8 Å². The molecular weight excluding hydrogens is 410 g/mol. The van der Waals surface area contributed by atoms with E-state index in [9.17, 15) is 28.5 Å². The number of carbonyl (C=O) groups is 2. The number of hydrogen-bond acceptors (Lipinski definition) is 5. The first kappa shape index (κ1) is 22.1. The van der Waals surface area contributed by atoms with Crippen LogP contribution in [0.1, 0.15) is 35.8 Å². The molecule has 164 valence electrons. The van der Waals surface area contributed by atoms with Crippen molar-refractivity contribution in [3.05, 3.63) is 69.3 Å². The maximum absolute atomic E-state index is 13.4. The second-order valence-corrected chi connectivity index (χ2v) is 7.32. The SMILES string of the molecule is CC(=O)N1CCN(c2ccc(C(=O)N[C@@H](C)c3ccc(F)c(F)c3)cc2[N+](=O)[O-])CC1. The third kappa shape index (κ3) is 4.96. The van der Waals surface area contributed by atoms with E-state index in [1.54, 1.807) is 11.8 Å². The highest BCUT2D eigenvalue weighted by atomic mass is 19.2. The van der Waals surface area contributed by atoms with Gasteiger partial charge in [-0.15, -0.1) is 0 Å². The second kappa shape index (κ2) is 9.07. The lowest BCUT2D eigenvalue weighted by atomic mass is 10.1. The Labute approximate surface area is 177 Å². The second-order valence-electron chi connectivity index (χ2n) is 7.32. The van der Waals surface area contributed by atoms with Crippen molar-refractivity contribution in [1.29, 1.82) is 0 Å². The minimum absolute atomic E-state index is 0.0451. The fourth-order valence-electron chi connectivity index (χ4n) is 3.49. The van der Waals surface area contributed by atoms with Crippen LogP contribution in [0.4, 0.5) is 20.2 Å². The minimum atomic E-state index is -1.02. The summed E-state index contributed by atoms with van der Waals surface area (Å²) in [6.45, 7) is 4.88. The first-order valence-electron chi connectivity index (χ1n) is 9.72. The number of amides is 2. The Bertz CT molecular complexity index is 1020. The molecule has 0 saturated carbocycles. The Morgan fingerprint density at radius 1 is 1.06 bits per heavy atom. The summed E-state index contributed by atoms with van der Waals surface area (Å²) >= 11 is 0. The maximum Gasteiger partial charge on any atom is 0.293 e. The van der Waals surface area contributed by atoms with Gasteiger partial charge in [0, 0.05) is 44.7 Å². The predicted molar refractivity (Wildman–Crippen MR) is 110 cm³/mol. The molecule has 1 aliphatic heterocycles. The summed E-state index contributed by atoms with van der Waals surface area (Å²) in [6.07, 6.45) is 0. The number of piperazine rings is 1. The van der Waals surface area contributed by atoms with Gasteiger partial charge in [-0.3, -0.25) is 19.7 Å². The molecule has 1 aliphatic rings. The van der Waals surface area contributed by atoms with Gasteiger partial charge in [0.15, 0.2) is 11.6 Å². The molecule has 0 aromatic heterocycles. The van der Waals surface area contributed by atoms with E-state index in [1.165, 1.54) is 31.2 Å². The molecule has 1 N–H and O–H groups in total. The number of rotatable bonds is 5. The Hall–Kier alpha value is -3.56. The van der Waals surface area contributed by atoms with Crippen LogP contribution >= 0.6 is 0 Å². The van der Waals surface area contributed by atoms with Crippen LogP contribution < -0.4 is 10.2 Å². The summed E-state index contributed by atoms with van der Waals surface area (Å²) in [5.41, 5.74) is 0.594. The van der Waals surface area contributed by atoms with Gasteiger partial charge in [-0.2, -0.15) is 0 Å². The van der Waals surface area contributed by atoms with Gasteiger partial charge in [0.2, 0.25) is 5.91 Å². The van der Waals surface area contributed by atoms with Crippen LogP contribution in [0.25, 0.3) is 0 Å². The highest BCUT2D eigenvalue weighted by molar-refractivity contribution is 5.96. The molecule has 2 amide bonds. The normalized spacial score (nSPS) is 14.8. The summed E-state index contributed by atoms with van der Waals surface area (Å²) in [5, 5.41) is 14.3. The van der Waals surface area contributed by atoms with E-state index in [1.807, 2.05) is 4.90 Å². The monoisotopic (exact) mass is 432 g/mol. The van der Waals surface area contributed by atoms with Crippen molar-refractivity contribution in [1.82, 2.24) is 10.2 Å². The molecule has 0 bridgehead atoms. The van der Waals surface area contributed by atoms with Crippen molar-refractivity contribution in [2.45, 2.75) is 19.9 Å². The number of anilines is 1. The third-order valence-corrected chi connectivity index (χ3v) is 5.29. The fourth-order valence-corrected chi connectivity index (χ4v) is 3.49. The van der Waals surface area contributed by atoms with Gasteiger partial charge in [-0.25, -0.2) is 8.78 Å². The summed E-state index contributed by atoms with van der Waals surface area (Å²) in [7, 11) is 0. The Morgan fingerprint density at radius 2 is 1.74 bits per heavy atom. The highest BCUT2D eigenvalue weighted by Gasteiger charge is 2.26. The van der Waals surface area contributed by atoms with E-state index in [0.29, 0.717) is 37.4 Å². The molecule has 31 heavy (non-hydrogen) atoms. The zero-order valence-electron chi connectivity index (χ0n) is 17.1. The summed E-state index contributed by atoms with van der Waals surface area (Å²) in [6, 6.07) is 6.87. The zero-order valence-corrected chi connectivity index (χ0v) is 17.1.